The van der Waals surface area contributed by atoms with Gasteiger partial charge in [-0.05, 0) is 22.6 Å². The summed E-state index contributed by atoms with van der Waals surface area (Å²) in [5.74, 6) is 0.373. The molecular weight excluding hydrogens is 221 g/mol. The second kappa shape index (κ2) is 1.98. The summed E-state index contributed by atoms with van der Waals surface area (Å²) in [5.41, 5.74) is 10.5. The molecule has 1 atom stereocenters. The van der Waals surface area contributed by atoms with Crippen LogP contribution in [-0.2, 0) is 4.74 Å². The van der Waals surface area contributed by atoms with E-state index in [1.165, 1.54) is 0 Å². The first-order valence-electron chi connectivity index (χ1n) is 2.04. The highest BCUT2D eigenvalue weighted by molar-refractivity contribution is 14.1. The van der Waals surface area contributed by atoms with Crippen LogP contribution >= 0.6 is 22.6 Å². The minimum absolute atomic E-state index is 0.373. The highest BCUT2D eigenvalue weighted by atomic mass is 127. The van der Waals surface area contributed by atoms with Gasteiger partial charge in [0, 0.05) is 0 Å². The summed E-state index contributed by atoms with van der Waals surface area (Å²) in [7, 11) is 0. The average molecular weight is 227 g/mol. The van der Waals surface area contributed by atoms with Crippen LogP contribution in [0.5, 0.6) is 0 Å². The van der Waals surface area contributed by atoms with Crippen molar-refractivity contribution in [2.45, 2.75) is 6.35 Å². The fraction of sp³-hybridized carbons (Fsp3) is 0.333. The van der Waals surface area contributed by atoms with Gasteiger partial charge in [0.2, 0.25) is 12.2 Å². The predicted molar refractivity (Wildman–Crippen MR) is 37.4 cm³/mol. The number of hydrogen-bond acceptors (Lipinski definition) is 4. The lowest BCUT2D eigenvalue weighted by atomic mass is 10.9. The molecule has 0 aromatic heterocycles. The molecule has 46 valence electrons. The van der Waals surface area contributed by atoms with Crippen molar-refractivity contribution in [3.63, 3.8) is 0 Å². The maximum absolute atomic E-state index is 5.28. The Balaban J connectivity index is 2.60. The van der Waals surface area contributed by atoms with Crippen LogP contribution in [-0.4, -0.2) is 6.35 Å². The zero-order chi connectivity index (χ0) is 6.15. The highest BCUT2D eigenvalue weighted by Gasteiger charge is 2.15. The summed E-state index contributed by atoms with van der Waals surface area (Å²) >= 11 is 2.01. The maximum atomic E-state index is 5.28. The Morgan fingerprint density at radius 1 is 1.75 bits per heavy atom. The van der Waals surface area contributed by atoms with E-state index in [0.29, 0.717) is 5.88 Å². The van der Waals surface area contributed by atoms with Crippen LogP contribution in [0.2, 0.25) is 0 Å². The molecule has 5 heteroatoms. The van der Waals surface area contributed by atoms with Gasteiger partial charge in [-0.15, -0.1) is 0 Å². The van der Waals surface area contributed by atoms with Crippen LogP contribution < -0.4 is 16.8 Å². The van der Waals surface area contributed by atoms with Crippen LogP contribution in [0, 0.1) is 0 Å². The third-order valence-electron chi connectivity index (χ3n) is 0.739. The molecule has 4 nitrogen and oxygen atoms in total. The molecule has 0 amide bonds. The Bertz CT molecular complexity index is 120. The summed E-state index contributed by atoms with van der Waals surface area (Å²) < 4.78 is 5.56. The van der Waals surface area contributed by atoms with Gasteiger partial charge in [-0.3, -0.25) is 5.73 Å². The summed E-state index contributed by atoms with van der Waals surface area (Å²) in [6.07, 6.45) is -0.457. The standard InChI is InChI=1S/C3H6IN3O/c4-1-2(5)8-3(6)7-1/h3,7H,5-6H2. The zero-order valence-electron chi connectivity index (χ0n) is 4.02. The maximum Gasteiger partial charge on any atom is 0.227 e. The summed E-state index contributed by atoms with van der Waals surface area (Å²) in [6, 6.07) is 0. The Morgan fingerprint density at radius 2 is 2.38 bits per heavy atom. The third-order valence-corrected chi connectivity index (χ3v) is 1.58. The third kappa shape index (κ3) is 0.972. The van der Waals surface area contributed by atoms with Gasteiger partial charge in [0.25, 0.3) is 0 Å². The predicted octanol–water partition coefficient (Wildman–Crippen LogP) is -0.631. The Morgan fingerprint density at radius 3 is 2.50 bits per heavy atom. The molecule has 8 heavy (non-hydrogen) atoms. The van der Waals surface area contributed by atoms with E-state index in [4.69, 9.17) is 16.2 Å². The van der Waals surface area contributed by atoms with Crippen molar-refractivity contribution in [2.24, 2.45) is 11.5 Å². The summed E-state index contributed by atoms with van der Waals surface area (Å²) in [5, 5.41) is 2.76. The van der Waals surface area contributed by atoms with Gasteiger partial charge in [-0.25, -0.2) is 0 Å². The largest absolute Gasteiger partial charge is 0.440 e. The first-order valence-corrected chi connectivity index (χ1v) is 3.12. The number of hydrogen-bond donors (Lipinski definition) is 3. The molecule has 1 aliphatic heterocycles. The van der Waals surface area contributed by atoms with Gasteiger partial charge in [-0.1, -0.05) is 0 Å². The molecule has 5 N–H and O–H groups in total. The topological polar surface area (TPSA) is 73.3 Å². The van der Waals surface area contributed by atoms with E-state index in [1.54, 1.807) is 0 Å². The molecule has 1 aliphatic rings. The molecule has 0 saturated carbocycles. The van der Waals surface area contributed by atoms with Gasteiger partial charge in [-0.2, -0.15) is 0 Å². The van der Waals surface area contributed by atoms with Crippen molar-refractivity contribution in [3.8, 4) is 0 Å². The molecular formula is C3H6IN3O. The van der Waals surface area contributed by atoms with E-state index in [0.717, 1.165) is 3.70 Å². The van der Waals surface area contributed by atoms with Crippen molar-refractivity contribution in [3.05, 3.63) is 9.59 Å². The Hall–Kier alpha value is -0.170. The van der Waals surface area contributed by atoms with Gasteiger partial charge in [0.05, 0.1) is 0 Å². The average Bonchev–Trinajstić information content (AvgIpc) is 1.85. The van der Waals surface area contributed by atoms with Crippen LogP contribution in [0.4, 0.5) is 0 Å². The van der Waals surface area contributed by atoms with Crippen molar-refractivity contribution < 1.29 is 4.74 Å². The van der Waals surface area contributed by atoms with Gasteiger partial charge in [0.1, 0.15) is 3.70 Å². The number of nitrogens with two attached hydrogens (primary N) is 2. The molecule has 0 spiro atoms. The molecule has 0 saturated heterocycles. The zero-order valence-corrected chi connectivity index (χ0v) is 6.18. The summed E-state index contributed by atoms with van der Waals surface area (Å²) in [4.78, 5) is 0. The highest BCUT2D eigenvalue weighted by Crippen LogP contribution is 2.12. The van der Waals surface area contributed by atoms with Crippen LogP contribution in [0.15, 0.2) is 9.59 Å². The molecule has 1 unspecified atom stereocenters. The molecule has 1 rings (SSSR count). The Labute approximate surface area is 60.4 Å². The van der Waals surface area contributed by atoms with Crippen molar-refractivity contribution in [1.82, 2.24) is 5.32 Å². The first-order chi connectivity index (χ1) is 3.70. The van der Waals surface area contributed by atoms with Crippen LogP contribution in [0.3, 0.4) is 0 Å². The van der Waals surface area contributed by atoms with Crippen LogP contribution in [0.25, 0.3) is 0 Å². The van der Waals surface area contributed by atoms with E-state index < -0.39 is 6.35 Å². The van der Waals surface area contributed by atoms with Gasteiger partial charge >= 0.3 is 0 Å². The van der Waals surface area contributed by atoms with Crippen molar-refractivity contribution >= 4 is 22.6 Å². The lowest BCUT2D eigenvalue weighted by molar-refractivity contribution is 0.132. The molecule has 0 aliphatic carbocycles. The molecule has 0 aromatic rings. The van der Waals surface area contributed by atoms with E-state index in [1.807, 2.05) is 22.6 Å². The SMILES string of the molecule is NC1=C(I)NC(N)O1. The lowest BCUT2D eigenvalue weighted by Gasteiger charge is -2.02. The molecule has 1 heterocycles. The first kappa shape index (κ1) is 5.96. The van der Waals surface area contributed by atoms with Crippen molar-refractivity contribution in [1.29, 1.82) is 0 Å². The number of nitrogens with one attached hydrogen (secondary N) is 1. The second-order valence-electron chi connectivity index (χ2n) is 1.36. The normalized spacial score (nSPS) is 27.5. The number of ether oxygens (including phenoxy) is 1. The molecule has 0 fully saturated rings. The van der Waals surface area contributed by atoms with E-state index in [9.17, 15) is 0 Å². The van der Waals surface area contributed by atoms with E-state index in [-0.39, 0.29) is 0 Å². The number of rotatable bonds is 0. The minimum Gasteiger partial charge on any atom is -0.440 e. The lowest BCUT2D eigenvalue weighted by Crippen LogP contribution is -2.32. The molecule has 0 aromatic carbocycles. The molecule has 0 radical (unpaired) electrons. The summed E-state index contributed by atoms with van der Waals surface area (Å²) in [6.45, 7) is 0. The van der Waals surface area contributed by atoms with Gasteiger partial charge in [0.15, 0.2) is 0 Å². The fourth-order valence-corrected chi connectivity index (χ4v) is 0.848. The van der Waals surface area contributed by atoms with E-state index >= 15 is 0 Å². The van der Waals surface area contributed by atoms with E-state index in [2.05, 4.69) is 5.32 Å². The number of halogens is 1. The minimum atomic E-state index is -0.457. The Kier molecular flexibility index (Phi) is 1.47. The van der Waals surface area contributed by atoms with Crippen LogP contribution in [0.1, 0.15) is 0 Å². The quantitative estimate of drug-likeness (QED) is 0.380. The fourth-order valence-electron chi connectivity index (χ4n) is 0.414. The molecule has 0 bridgehead atoms. The monoisotopic (exact) mass is 227 g/mol. The van der Waals surface area contributed by atoms with Gasteiger partial charge < -0.3 is 15.8 Å². The second-order valence-corrected chi connectivity index (χ2v) is 2.44. The van der Waals surface area contributed by atoms with Crippen molar-refractivity contribution in [2.75, 3.05) is 0 Å². The smallest absolute Gasteiger partial charge is 0.227 e.